The van der Waals surface area contributed by atoms with Crippen LogP contribution in [0.5, 0.6) is 0 Å². The van der Waals surface area contributed by atoms with Gasteiger partial charge in [-0.1, -0.05) is 55.1 Å². The van der Waals surface area contributed by atoms with E-state index in [0.717, 1.165) is 146 Å². The number of imidazole rings is 6. The van der Waals surface area contributed by atoms with Gasteiger partial charge in [-0.25, -0.2) is 29.9 Å². The zero-order valence-corrected chi connectivity index (χ0v) is 41.7. The first-order chi connectivity index (χ1) is 35.9. The second-order valence-corrected chi connectivity index (χ2v) is 22.0. The van der Waals surface area contributed by atoms with Crippen molar-refractivity contribution in [1.82, 2.24) is 51.8 Å². The summed E-state index contributed by atoms with van der Waals surface area (Å²) in [5, 5.41) is 6.68. The Morgan fingerprint density at radius 3 is 2.03 bits per heavy atom. The number of nitrogens with zero attached hydrogens (tertiary/aromatic N) is 12. The van der Waals surface area contributed by atoms with Crippen molar-refractivity contribution in [1.29, 1.82) is 0 Å². The third-order valence-electron chi connectivity index (χ3n) is 15.2. The van der Waals surface area contributed by atoms with Crippen LogP contribution in [0.4, 0.5) is 5.00 Å². The third-order valence-corrected chi connectivity index (χ3v) is 18.4. The van der Waals surface area contributed by atoms with Gasteiger partial charge in [-0.15, -0.1) is 34.0 Å². The quantitative estimate of drug-likeness (QED) is 0.160. The zero-order valence-electron chi connectivity index (χ0n) is 39.3. The van der Waals surface area contributed by atoms with E-state index in [9.17, 15) is 0 Å². The Bertz CT molecular complexity index is 5390. The molecule has 0 bridgehead atoms. The minimum Gasteiger partial charge on any atom is -0.312 e. The normalized spacial score (nSPS) is 12.9. The predicted octanol–water partition coefficient (Wildman–Crippen LogP) is 14.8. The van der Waals surface area contributed by atoms with Gasteiger partial charge >= 0.3 is 0 Å². The molecule has 0 atom stereocenters. The number of aryl methyl sites for hydroxylation is 2. The maximum atomic E-state index is 5.36. The van der Waals surface area contributed by atoms with Gasteiger partial charge in [-0.3, -0.25) is 13.2 Å². The minimum absolute atomic E-state index is 0.553. The van der Waals surface area contributed by atoms with E-state index in [1.807, 2.05) is 37.7 Å². The highest BCUT2D eigenvalue weighted by atomic mass is 32.1. The van der Waals surface area contributed by atoms with Crippen LogP contribution in [0, 0.1) is 0 Å². The first-order valence-electron chi connectivity index (χ1n) is 24.1. The van der Waals surface area contributed by atoms with Crippen LogP contribution in [-0.4, -0.2) is 58.0 Å². The molecule has 0 saturated heterocycles. The maximum Gasteiger partial charge on any atom is 0.216 e. The number of rotatable bonds is 5. The SMILES string of the molecule is C=Cc1c(N=CC)sc2cc3c(cc12)n(Cc1cc2sc4ncc(-c5ccnc6sc7c(ccc8c7n(C)c7nc9ccccc9n87)c56)cc4c2c2c1n1c4ccccc4nc1n2C)c1nc2ccccc2n31. The predicted molar refractivity (Wildman–Crippen MR) is 305 cm³/mol. The molecule has 0 spiro atoms. The number of fused-ring (bicyclic) bond motifs is 24. The molecule has 0 aliphatic rings. The van der Waals surface area contributed by atoms with Crippen LogP contribution in [0.2, 0.25) is 0 Å². The molecule has 0 aliphatic heterocycles. The molecule has 0 unspecified atom stereocenters. The fourth-order valence-corrected chi connectivity index (χ4v) is 15.6. The number of aliphatic imine (C=N–C) groups is 1. The van der Waals surface area contributed by atoms with Gasteiger partial charge in [-0.2, -0.15) is 0 Å². The van der Waals surface area contributed by atoms with Gasteiger partial charge in [0.15, 0.2) is 0 Å². The fourth-order valence-electron chi connectivity index (χ4n) is 12.1. The van der Waals surface area contributed by atoms with Crippen LogP contribution in [0.3, 0.4) is 0 Å². The summed E-state index contributed by atoms with van der Waals surface area (Å²) in [5.74, 6) is 2.70. The summed E-state index contributed by atoms with van der Waals surface area (Å²) >= 11 is 5.18. The molecule has 12 nitrogen and oxygen atoms in total. The Labute approximate surface area is 423 Å². The topological polar surface area (TPSA) is 105 Å². The first-order valence-corrected chi connectivity index (χ1v) is 26.5. The van der Waals surface area contributed by atoms with Crippen molar-refractivity contribution in [2.45, 2.75) is 13.5 Å². The lowest BCUT2D eigenvalue weighted by Gasteiger charge is -2.10. The number of hydrogen-bond acceptors (Lipinski definition) is 9. The molecule has 15 heteroatoms. The molecule has 11 aromatic heterocycles. The van der Waals surface area contributed by atoms with Crippen LogP contribution in [-0.2, 0) is 20.6 Å². The number of para-hydroxylation sites is 6. The second kappa shape index (κ2) is 14.0. The molecule has 346 valence electrons. The van der Waals surface area contributed by atoms with Crippen LogP contribution in [0.15, 0.2) is 139 Å². The molecule has 73 heavy (non-hydrogen) atoms. The molecule has 0 N–H and O–H groups in total. The lowest BCUT2D eigenvalue weighted by atomic mass is 10.0. The van der Waals surface area contributed by atoms with Gasteiger partial charge in [0.25, 0.3) is 0 Å². The lowest BCUT2D eigenvalue weighted by Crippen LogP contribution is -2.02. The Morgan fingerprint density at radius 1 is 0.575 bits per heavy atom. The smallest absolute Gasteiger partial charge is 0.216 e. The molecule has 0 amide bonds. The van der Waals surface area contributed by atoms with E-state index in [1.165, 1.54) is 15.5 Å². The van der Waals surface area contributed by atoms with Crippen molar-refractivity contribution in [3.05, 3.63) is 145 Å². The van der Waals surface area contributed by atoms with E-state index in [4.69, 9.17) is 29.9 Å². The number of benzene rings is 6. The van der Waals surface area contributed by atoms with E-state index in [0.29, 0.717) is 6.54 Å². The highest BCUT2D eigenvalue weighted by Gasteiger charge is 2.27. The van der Waals surface area contributed by atoms with E-state index in [-0.39, 0.29) is 0 Å². The van der Waals surface area contributed by atoms with Gasteiger partial charge < -0.3 is 13.7 Å². The molecule has 0 radical (unpaired) electrons. The van der Waals surface area contributed by atoms with Crippen molar-refractivity contribution in [2.75, 3.05) is 0 Å². The van der Waals surface area contributed by atoms with Gasteiger partial charge in [0.1, 0.15) is 14.7 Å². The number of hydrogen-bond donors (Lipinski definition) is 0. The van der Waals surface area contributed by atoms with Crippen LogP contribution in [0.25, 0.3) is 151 Å². The average Bonchev–Trinajstić information content (AvgIpc) is 4.30. The second-order valence-electron chi connectivity index (χ2n) is 18.9. The average molecular weight is 997 g/mol. The van der Waals surface area contributed by atoms with Crippen LogP contribution < -0.4 is 0 Å². The van der Waals surface area contributed by atoms with Crippen LogP contribution in [0.1, 0.15) is 18.1 Å². The Morgan fingerprint density at radius 2 is 1.27 bits per heavy atom. The zero-order chi connectivity index (χ0) is 48.1. The third kappa shape index (κ3) is 5.03. The largest absolute Gasteiger partial charge is 0.312 e. The van der Waals surface area contributed by atoms with E-state index in [1.54, 1.807) is 34.0 Å². The standard InChI is InChI=1S/C58H36N12S3/c1-5-31-34-25-43-44(26-45(34)71-53(31)59-6-2)69-40-17-11-8-14-37(40)64-58(69)67(43)28-30-24-46-48(51-49(30)70-41-18-12-9-15-38(41)63-57(70)66(51)4)35-23-29(27-61-54(35)72-46)32-21-22-60-55-47(32)33-19-20-42-50(52(33)73-55)65(3)56-62-36-13-7-10-16-39(36)68(42)56/h5-27H,1,28H2,2-4H3. The van der Waals surface area contributed by atoms with E-state index in [2.05, 4.69) is 157 Å². The molecule has 0 fully saturated rings. The summed E-state index contributed by atoms with van der Waals surface area (Å²) in [6, 6.07) is 41.3. The van der Waals surface area contributed by atoms with Crippen LogP contribution >= 0.6 is 34.0 Å². The molecule has 17 rings (SSSR count). The van der Waals surface area contributed by atoms with Crippen molar-refractivity contribution < 1.29 is 0 Å². The minimum atomic E-state index is 0.553. The van der Waals surface area contributed by atoms with Gasteiger partial charge in [0, 0.05) is 80.2 Å². The summed E-state index contributed by atoms with van der Waals surface area (Å²) < 4.78 is 17.4. The van der Waals surface area contributed by atoms with Gasteiger partial charge in [0.2, 0.25) is 17.3 Å². The van der Waals surface area contributed by atoms with Crippen molar-refractivity contribution in [3.8, 4) is 11.1 Å². The summed E-state index contributed by atoms with van der Waals surface area (Å²) in [6.07, 6.45) is 7.78. The summed E-state index contributed by atoms with van der Waals surface area (Å²) in [6.45, 7) is 6.74. The van der Waals surface area contributed by atoms with Crippen molar-refractivity contribution in [2.24, 2.45) is 19.1 Å². The highest BCUT2D eigenvalue weighted by molar-refractivity contribution is 7.26. The number of aromatic nitrogens is 11. The van der Waals surface area contributed by atoms with Gasteiger partial charge in [0.05, 0.1) is 77.4 Å². The van der Waals surface area contributed by atoms with Gasteiger partial charge in [-0.05, 0) is 90.8 Å². The summed E-state index contributed by atoms with van der Waals surface area (Å²) in [5.41, 5.74) is 17.2. The molecule has 0 aliphatic carbocycles. The fraction of sp³-hybridized carbons (Fsp3) is 0.0690. The monoisotopic (exact) mass is 996 g/mol. The molecular formula is C58H36N12S3. The highest BCUT2D eigenvalue weighted by Crippen LogP contribution is 2.47. The Balaban J connectivity index is 0.919. The lowest BCUT2D eigenvalue weighted by molar-refractivity contribution is 0.852. The Kier molecular flexibility index (Phi) is 7.66. The molecule has 0 saturated carbocycles. The molecular weight excluding hydrogens is 961 g/mol. The van der Waals surface area contributed by atoms with E-state index >= 15 is 0 Å². The summed E-state index contributed by atoms with van der Waals surface area (Å²) in [7, 11) is 4.28. The van der Waals surface area contributed by atoms with Crippen molar-refractivity contribution >= 4 is 186 Å². The molecule has 17 aromatic rings. The molecule has 11 heterocycles. The van der Waals surface area contributed by atoms with Crippen molar-refractivity contribution in [3.63, 3.8) is 0 Å². The maximum absolute atomic E-state index is 5.36. The summed E-state index contributed by atoms with van der Waals surface area (Å²) in [4.78, 5) is 32.7. The Hall–Kier alpha value is -8.76. The first kappa shape index (κ1) is 39.9. The van der Waals surface area contributed by atoms with E-state index < -0.39 is 0 Å². The number of thiophene rings is 3. The number of pyridine rings is 2. The molecule has 6 aromatic carbocycles.